The van der Waals surface area contributed by atoms with E-state index in [9.17, 15) is 73.2 Å². The molecule has 0 saturated carbocycles. The summed E-state index contributed by atoms with van der Waals surface area (Å²) in [5, 5.41) is 57.7. The van der Waals surface area contributed by atoms with Gasteiger partial charge in [-0.15, -0.1) is 0 Å². The van der Waals surface area contributed by atoms with Gasteiger partial charge in [0.15, 0.2) is 0 Å². The Morgan fingerprint density at radius 1 is 0.484 bits per heavy atom. The summed E-state index contributed by atoms with van der Waals surface area (Å²) in [6.45, 7) is 5.62. The van der Waals surface area contributed by atoms with Gasteiger partial charge in [-0.05, 0) is 69.9 Å². The fraction of sp³-hybridized carbons (Fsp3) is 0.718. The minimum Gasteiger partial charge on any atom is -0.481 e. The van der Waals surface area contributed by atoms with Crippen molar-refractivity contribution in [2.24, 2.45) is 23.3 Å². The molecule has 362 valence electrons. The molecule has 1 saturated heterocycles. The highest BCUT2D eigenvalue weighted by atomic mass is 16.4. The predicted molar refractivity (Wildman–Crippen MR) is 224 cm³/mol. The number of hydrogen-bond acceptors (Lipinski definition) is 14. The summed E-state index contributed by atoms with van der Waals surface area (Å²) in [4.78, 5) is 145. The number of aliphatic hydroxyl groups is 1. The number of rotatable bonds is 19. The Balaban J connectivity index is 4.00. The number of carboxylic acid groups (broad SMARTS) is 3. The molecule has 0 bridgehead atoms. The fourth-order valence-electron chi connectivity index (χ4n) is 6.38. The van der Waals surface area contributed by atoms with Crippen molar-refractivity contribution < 1.29 is 73.2 Å². The van der Waals surface area contributed by atoms with Gasteiger partial charge in [-0.1, -0.05) is 34.1 Å². The van der Waals surface area contributed by atoms with Gasteiger partial charge < -0.3 is 74.4 Å². The molecule has 0 unspecified atom stereocenters. The topological polar surface area (TPSA) is 417 Å². The first-order valence-electron chi connectivity index (χ1n) is 21.2. The maximum absolute atomic E-state index is 13.9. The minimum absolute atomic E-state index is 0.0500. The highest BCUT2D eigenvalue weighted by molar-refractivity contribution is 6.00. The zero-order chi connectivity index (χ0) is 48.7. The van der Waals surface area contributed by atoms with Crippen LogP contribution >= 0.6 is 0 Å². The lowest BCUT2D eigenvalue weighted by Crippen LogP contribution is -2.63. The highest BCUT2D eigenvalue weighted by Gasteiger charge is 2.38. The Morgan fingerprint density at radius 3 is 1.22 bits per heavy atom. The van der Waals surface area contributed by atoms with Gasteiger partial charge in [-0.25, -0.2) is 0 Å². The van der Waals surface area contributed by atoms with Crippen LogP contribution in [0, 0.1) is 11.8 Å². The monoisotopic (exact) mass is 914 g/mol. The lowest BCUT2D eigenvalue weighted by molar-refractivity contribution is -0.144. The van der Waals surface area contributed by atoms with Crippen molar-refractivity contribution in [3.05, 3.63) is 0 Å². The average molecular weight is 915 g/mol. The number of nitrogens with one attached hydrogen (secondary N) is 8. The lowest BCUT2D eigenvalue weighted by atomic mass is 9.95. The third kappa shape index (κ3) is 19.6. The van der Waals surface area contributed by atoms with Gasteiger partial charge in [0.1, 0.15) is 48.3 Å². The van der Waals surface area contributed by atoms with Crippen molar-refractivity contribution in [1.29, 1.82) is 0 Å². The number of carboxylic acids is 3. The average Bonchev–Trinajstić information content (AvgIpc) is 3.22. The van der Waals surface area contributed by atoms with Crippen LogP contribution in [0.25, 0.3) is 0 Å². The zero-order valence-corrected chi connectivity index (χ0v) is 36.6. The zero-order valence-electron chi connectivity index (χ0n) is 36.6. The van der Waals surface area contributed by atoms with Crippen LogP contribution in [-0.4, -0.2) is 154 Å². The second kappa shape index (κ2) is 28.7. The first-order chi connectivity index (χ1) is 30.1. The van der Waals surface area contributed by atoms with Crippen molar-refractivity contribution in [3.8, 4) is 0 Å². The highest BCUT2D eigenvalue weighted by Crippen LogP contribution is 2.13. The molecule has 0 aromatic heterocycles. The van der Waals surface area contributed by atoms with Crippen LogP contribution < -0.4 is 54.0 Å². The van der Waals surface area contributed by atoms with Crippen LogP contribution in [-0.2, 0) is 52.7 Å². The largest absolute Gasteiger partial charge is 0.481 e. The summed E-state index contributed by atoms with van der Waals surface area (Å²) in [6, 6.07) is -13.3. The van der Waals surface area contributed by atoms with Crippen LogP contribution in [0.2, 0.25) is 0 Å². The van der Waals surface area contributed by atoms with E-state index in [1.807, 2.05) is 0 Å². The van der Waals surface area contributed by atoms with E-state index in [-0.39, 0.29) is 45.2 Å². The van der Waals surface area contributed by atoms with E-state index in [0.717, 1.165) is 0 Å². The van der Waals surface area contributed by atoms with Gasteiger partial charge in [0, 0.05) is 6.42 Å². The molecule has 0 spiro atoms. The molecule has 0 aromatic carbocycles. The normalized spacial score (nSPS) is 25.5. The summed E-state index contributed by atoms with van der Waals surface area (Å²) in [5.74, 6) is -14.7. The molecule has 25 heteroatoms. The SMILES string of the molecule is CC[C@H](C)[C@@H]1NC(=O)[C@H](C(C)C)NC(=O)[C@H](CCCCN)NC(=O)[C@H](CCC(=O)O)NC(=O)[C@H](CO)NC(=O)[C@H](CCCCN)NC(=O)[C@H](CC(=O)O)NC(=O)[C@H](CC(=O)O)NC1=O. The summed E-state index contributed by atoms with van der Waals surface area (Å²) in [6.07, 6.45) is -2.20. The van der Waals surface area contributed by atoms with Crippen molar-refractivity contribution in [2.75, 3.05) is 19.7 Å². The van der Waals surface area contributed by atoms with Gasteiger partial charge in [-0.2, -0.15) is 0 Å². The molecule has 1 heterocycles. The van der Waals surface area contributed by atoms with Crippen LogP contribution in [0.15, 0.2) is 0 Å². The number of unbranched alkanes of at least 4 members (excludes halogenated alkanes) is 2. The standard InChI is InChI=1S/C39H66N10O15/c1-5-20(4)31-39(64)46-25(17-29(55)56)36(61)45-24(16-28(53)54)35(60)43-21(10-6-8-14-40)32(57)47-26(18-50)37(62)44-23(12-13-27(51)52)33(58)42-22(11-7-9-15-41)34(59)48-30(19(2)3)38(63)49-31/h19-26,30-31,50H,5-18,40-41H2,1-4H3,(H,42,58)(H,43,60)(H,44,62)(H,45,61)(H,46,64)(H,47,57)(H,48,59)(H,49,63)(H,51,52)(H,53,54)(H,55,56)/t20-,21-,22-,23-,24-,25-,26-,30-,31-/m0/s1. The Bertz CT molecular complexity index is 1660. The molecule has 25 nitrogen and oxygen atoms in total. The van der Waals surface area contributed by atoms with Gasteiger partial charge in [0.25, 0.3) is 0 Å². The van der Waals surface area contributed by atoms with Gasteiger partial charge in [0.2, 0.25) is 47.3 Å². The molecule has 0 aromatic rings. The second-order valence-electron chi connectivity index (χ2n) is 15.8. The van der Waals surface area contributed by atoms with E-state index in [1.54, 1.807) is 27.7 Å². The van der Waals surface area contributed by atoms with E-state index < -0.39 is 158 Å². The first-order valence-corrected chi connectivity index (χ1v) is 21.2. The van der Waals surface area contributed by atoms with E-state index >= 15 is 0 Å². The van der Waals surface area contributed by atoms with Crippen LogP contribution in [0.1, 0.15) is 98.3 Å². The molecular formula is C39H66N10O15. The lowest BCUT2D eigenvalue weighted by Gasteiger charge is -2.31. The number of carbonyl (C=O) groups is 11. The predicted octanol–water partition coefficient (Wildman–Crippen LogP) is -4.36. The number of amides is 8. The smallest absolute Gasteiger partial charge is 0.305 e. The molecule has 1 aliphatic heterocycles. The molecule has 16 N–H and O–H groups in total. The Hall–Kier alpha value is -5.95. The molecule has 0 radical (unpaired) electrons. The third-order valence-corrected chi connectivity index (χ3v) is 10.3. The molecule has 9 atom stereocenters. The van der Waals surface area contributed by atoms with Crippen molar-refractivity contribution in [1.82, 2.24) is 42.5 Å². The molecule has 1 aliphatic rings. The second-order valence-corrected chi connectivity index (χ2v) is 15.8. The van der Waals surface area contributed by atoms with Crippen LogP contribution in [0.4, 0.5) is 0 Å². The van der Waals surface area contributed by atoms with Gasteiger partial charge >= 0.3 is 17.9 Å². The maximum Gasteiger partial charge on any atom is 0.305 e. The van der Waals surface area contributed by atoms with Crippen molar-refractivity contribution in [2.45, 2.75) is 147 Å². The van der Waals surface area contributed by atoms with Crippen LogP contribution in [0.3, 0.4) is 0 Å². The Kier molecular flexibility index (Phi) is 25.1. The van der Waals surface area contributed by atoms with Gasteiger partial charge in [0.05, 0.1) is 19.4 Å². The summed E-state index contributed by atoms with van der Waals surface area (Å²) in [5.41, 5.74) is 11.2. The van der Waals surface area contributed by atoms with Crippen molar-refractivity contribution in [3.63, 3.8) is 0 Å². The van der Waals surface area contributed by atoms with E-state index in [0.29, 0.717) is 12.8 Å². The maximum atomic E-state index is 13.9. The molecule has 0 aliphatic carbocycles. The summed E-state index contributed by atoms with van der Waals surface area (Å²) < 4.78 is 0. The number of nitrogens with two attached hydrogens (primary N) is 2. The molecule has 1 fully saturated rings. The van der Waals surface area contributed by atoms with Gasteiger partial charge in [-0.3, -0.25) is 52.7 Å². The molecule has 1 rings (SSSR count). The fourth-order valence-corrected chi connectivity index (χ4v) is 6.38. The van der Waals surface area contributed by atoms with Crippen LogP contribution in [0.5, 0.6) is 0 Å². The molecule has 64 heavy (non-hydrogen) atoms. The molecule has 8 amide bonds. The number of hydrogen-bond donors (Lipinski definition) is 14. The summed E-state index contributed by atoms with van der Waals surface area (Å²) in [7, 11) is 0. The Morgan fingerprint density at radius 2 is 0.828 bits per heavy atom. The van der Waals surface area contributed by atoms with E-state index in [4.69, 9.17) is 11.5 Å². The first kappa shape index (κ1) is 56.1. The summed E-state index contributed by atoms with van der Waals surface area (Å²) >= 11 is 0. The van der Waals surface area contributed by atoms with Crippen molar-refractivity contribution >= 4 is 65.2 Å². The molecular weight excluding hydrogens is 848 g/mol. The minimum atomic E-state index is -1.99. The van der Waals surface area contributed by atoms with E-state index in [1.165, 1.54) is 0 Å². The number of carbonyl (C=O) groups excluding carboxylic acids is 8. The number of aliphatic hydroxyl groups excluding tert-OH is 1. The third-order valence-electron chi connectivity index (χ3n) is 10.3. The van der Waals surface area contributed by atoms with E-state index in [2.05, 4.69) is 42.5 Å². The quantitative estimate of drug-likeness (QED) is 0.0545. The Labute approximate surface area is 370 Å². The number of aliphatic carboxylic acids is 3.